The van der Waals surface area contributed by atoms with Gasteiger partial charge in [0, 0.05) is 15.2 Å². The molecule has 1 fully saturated rings. The standard InChI is InChI=1S/C15H12BrClN2O/c16-10-3-7-12(8-4-10)19-14(13(18)15(19)20)9-1-5-11(17)6-2-9/h1-8,13-14H,18H2/t13-,14+/m0/s1. The number of carbonyl (C=O) groups is 1. The topological polar surface area (TPSA) is 46.3 Å². The predicted molar refractivity (Wildman–Crippen MR) is 83.8 cm³/mol. The van der Waals surface area contributed by atoms with Crippen molar-refractivity contribution in [1.82, 2.24) is 0 Å². The third-order valence-corrected chi connectivity index (χ3v) is 4.24. The largest absolute Gasteiger partial charge is 0.318 e. The van der Waals surface area contributed by atoms with Crippen molar-refractivity contribution in [3.05, 3.63) is 63.6 Å². The molecule has 3 rings (SSSR count). The number of benzene rings is 2. The van der Waals surface area contributed by atoms with Gasteiger partial charge in [-0.05, 0) is 42.0 Å². The average Bonchev–Trinajstić information content (AvgIpc) is 2.46. The zero-order valence-electron chi connectivity index (χ0n) is 10.5. The normalized spacial score (nSPS) is 21.8. The summed E-state index contributed by atoms with van der Waals surface area (Å²) in [4.78, 5) is 13.8. The molecule has 1 heterocycles. The van der Waals surface area contributed by atoms with E-state index in [2.05, 4.69) is 15.9 Å². The number of rotatable bonds is 2. The molecule has 5 heteroatoms. The van der Waals surface area contributed by atoms with Crippen LogP contribution in [0.4, 0.5) is 5.69 Å². The molecule has 2 aromatic rings. The molecular formula is C15H12BrClN2O. The quantitative estimate of drug-likeness (QED) is 0.842. The third kappa shape index (κ3) is 2.24. The molecule has 0 spiro atoms. The first-order valence-electron chi connectivity index (χ1n) is 6.17. The fraction of sp³-hybridized carbons (Fsp3) is 0.133. The summed E-state index contributed by atoms with van der Waals surface area (Å²) >= 11 is 9.28. The maximum atomic E-state index is 12.1. The first kappa shape index (κ1) is 13.6. The van der Waals surface area contributed by atoms with Crippen LogP contribution in [-0.4, -0.2) is 11.9 Å². The van der Waals surface area contributed by atoms with E-state index in [1.807, 2.05) is 48.5 Å². The van der Waals surface area contributed by atoms with Crippen molar-refractivity contribution in [2.75, 3.05) is 4.90 Å². The smallest absolute Gasteiger partial charge is 0.247 e. The number of nitrogens with two attached hydrogens (primary N) is 1. The van der Waals surface area contributed by atoms with Gasteiger partial charge < -0.3 is 10.6 Å². The van der Waals surface area contributed by atoms with E-state index in [4.69, 9.17) is 17.3 Å². The van der Waals surface area contributed by atoms with Crippen LogP contribution in [0.15, 0.2) is 53.0 Å². The van der Waals surface area contributed by atoms with E-state index in [1.54, 1.807) is 4.90 Å². The van der Waals surface area contributed by atoms with Crippen LogP contribution in [0.2, 0.25) is 5.02 Å². The molecule has 0 aromatic heterocycles. The summed E-state index contributed by atoms with van der Waals surface area (Å²) < 4.78 is 0.974. The molecule has 1 saturated heterocycles. The number of amides is 1. The fourth-order valence-electron chi connectivity index (χ4n) is 2.42. The minimum absolute atomic E-state index is 0.0627. The summed E-state index contributed by atoms with van der Waals surface area (Å²) in [5.41, 5.74) is 7.80. The molecule has 1 aliphatic rings. The lowest BCUT2D eigenvalue weighted by molar-refractivity contribution is -0.126. The van der Waals surface area contributed by atoms with Gasteiger partial charge in [-0.1, -0.05) is 39.7 Å². The van der Waals surface area contributed by atoms with Crippen LogP contribution >= 0.6 is 27.5 Å². The molecule has 3 nitrogen and oxygen atoms in total. The maximum absolute atomic E-state index is 12.1. The highest BCUT2D eigenvalue weighted by atomic mass is 79.9. The van der Waals surface area contributed by atoms with Gasteiger partial charge in [0.2, 0.25) is 5.91 Å². The molecule has 0 unspecified atom stereocenters. The minimum Gasteiger partial charge on any atom is -0.318 e. The molecule has 0 aliphatic carbocycles. The molecule has 102 valence electrons. The molecule has 1 amide bonds. The maximum Gasteiger partial charge on any atom is 0.247 e. The van der Waals surface area contributed by atoms with Crippen molar-refractivity contribution in [2.45, 2.75) is 12.1 Å². The van der Waals surface area contributed by atoms with Crippen LogP contribution in [0.25, 0.3) is 0 Å². The summed E-state index contributed by atoms with van der Waals surface area (Å²) in [7, 11) is 0. The lowest BCUT2D eigenvalue weighted by atomic mass is 9.88. The number of carbonyl (C=O) groups excluding carboxylic acids is 1. The van der Waals surface area contributed by atoms with Gasteiger partial charge in [0.25, 0.3) is 0 Å². The van der Waals surface area contributed by atoms with Crippen molar-refractivity contribution in [3.8, 4) is 0 Å². The number of anilines is 1. The molecule has 2 N–H and O–H groups in total. The first-order valence-corrected chi connectivity index (χ1v) is 7.35. The Morgan fingerprint density at radius 1 is 1.05 bits per heavy atom. The molecule has 2 atom stereocenters. The van der Waals surface area contributed by atoms with Gasteiger partial charge in [0.1, 0.15) is 6.04 Å². The van der Waals surface area contributed by atoms with Gasteiger partial charge in [-0.3, -0.25) is 4.79 Å². The van der Waals surface area contributed by atoms with E-state index in [0.29, 0.717) is 5.02 Å². The Morgan fingerprint density at radius 2 is 1.65 bits per heavy atom. The zero-order valence-corrected chi connectivity index (χ0v) is 12.8. The highest BCUT2D eigenvalue weighted by molar-refractivity contribution is 9.10. The van der Waals surface area contributed by atoms with Crippen LogP contribution in [0.3, 0.4) is 0 Å². The monoisotopic (exact) mass is 350 g/mol. The second-order valence-corrected chi connectivity index (χ2v) is 6.06. The van der Waals surface area contributed by atoms with Gasteiger partial charge in [0.05, 0.1) is 6.04 Å². The number of halogens is 2. The summed E-state index contributed by atoms with van der Waals surface area (Å²) in [6.07, 6.45) is 0. The Labute approximate surface area is 130 Å². The molecule has 0 bridgehead atoms. The van der Waals surface area contributed by atoms with Crippen LogP contribution in [0.1, 0.15) is 11.6 Å². The van der Waals surface area contributed by atoms with Crippen LogP contribution < -0.4 is 10.6 Å². The summed E-state index contributed by atoms with van der Waals surface area (Å²) in [6, 6.07) is 14.4. The van der Waals surface area contributed by atoms with Crippen LogP contribution in [0.5, 0.6) is 0 Å². The van der Waals surface area contributed by atoms with Gasteiger partial charge in [-0.15, -0.1) is 0 Å². The first-order chi connectivity index (χ1) is 9.58. The molecule has 1 aliphatic heterocycles. The number of hydrogen-bond donors (Lipinski definition) is 1. The van der Waals surface area contributed by atoms with Crippen LogP contribution in [-0.2, 0) is 4.79 Å². The highest BCUT2D eigenvalue weighted by Gasteiger charge is 2.46. The summed E-state index contributed by atoms with van der Waals surface area (Å²) in [5, 5.41) is 0.670. The third-order valence-electron chi connectivity index (χ3n) is 3.46. The van der Waals surface area contributed by atoms with E-state index in [9.17, 15) is 4.79 Å². The van der Waals surface area contributed by atoms with Crippen molar-refractivity contribution < 1.29 is 4.79 Å². The lowest BCUT2D eigenvalue weighted by Gasteiger charge is -2.45. The Morgan fingerprint density at radius 3 is 2.25 bits per heavy atom. The second-order valence-electron chi connectivity index (χ2n) is 4.71. The average molecular weight is 352 g/mol. The summed E-state index contributed by atoms with van der Waals surface area (Å²) in [6.45, 7) is 0. The molecule has 0 radical (unpaired) electrons. The van der Waals surface area contributed by atoms with Crippen molar-refractivity contribution in [3.63, 3.8) is 0 Å². The number of hydrogen-bond acceptors (Lipinski definition) is 2. The van der Waals surface area contributed by atoms with E-state index in [0.717, 1.165) is 15.7 Å². The number of nitrogens with zero attached hydrogens (tertiary/aromatic N) is 1. The molecule has 2 aromatic carbocycles. The zero-order chi connectivity index (χ0) is 14.3. The Balaban J connectivity index is 1.95. The molecule has 20 heavy (non-hydrogen) atoms. The fourth-order valence-corrected chi connectivity index (χ4v) is 2.81. The van der Waals surface area contributed by atoms with Crippen molar-refractivity contribution in [2.24, 2.45) is 5.73 Å². The van der Waals surface area contributed by atoms with E-state index in [-0.39, 0.29) is 11.9 Å². The van der Waals surface area contributed by atoms with Crippen molar-refractivity contribution in [1.29, 1.82) is 0 Å². The predicted octanol–water partition coefficient (Wildman–Crippen LogP) is 3.52. The molecular weight excluding hydrogens is 340 g/mol. The van der Waals surface area contributed by atoms with E-state index < -0.39 is 6.04 Å². The van der Waals surface area contributed by atoms with E-state index in [1.165, 1.54) is 0 Å². The van der Waals surface area contributed by atoms with E-state index >= 15 is 0 Å². The number of β-lactam (4-membered cyclic amide) rings is 1. The van der Waals surface area contributed by atoms with Gasteiger partial charge in [0.15, 0.2) is 0 Å². The summed E-state index contributed by atoms with van der Waals surface area (Å²) in [5.74, 6) is -0.0627. The van der Waals surface area contributed by atoms with Gasteiger partial charge in [-0.2, -0.15) is 0 Å². The van der Waals surface area contributed by atoms with Crippen LogP contribution in [0, 0.1) is 0 Å². The minimum atomic E-state index is -0.500. The second kappa shape index (κ2) is 5.20. The van der Waals surface area contributed by atoms with Gasteiger partial charge in [-0.25, -0.2) is 0 Å². The molecule has 0 saturated carbocycles. The highest BCUT2D eigenvalue weighted by Crippen LogP contribution is 2.38. The lowest BCUT2D eigenvalue weighted by Crippen LogP contribution is -2.63. The SMILES string of the molecule is N[C@@H]1C(=O)N(c2ccc(Br)cc2)[C@@H]1c1ccc(Cl)cc1. The van der Waals surface area contributed by atoms with Gasteiger partial charge >= 0.3 is 0 Å². The Bertz CT molecular complexity index is 642. The Hall–Kier alpha value is -1.36. The Kier molecular flexibility index (Phi) is 3.54. The van der Waals surface area contributed by atoms with Crippen molar-refractivity contribution >= 4 is 39.1 Å².